The summed E-state index contributed by atoms with van der Waals surface area (Å²) >= 11 is 0. The van der Waals surface area contributed by atoms with Gasteiger partial charge in [-0.05, 0) is 55.6 Å². The van der Waals surface area contributed by atoms with Crippen LogP contribution in [0.2, 0.25) is 0 Å². The summed E-state index contributed by atoms with van der Waals surface area (Å²) in [5.41, 5.74) is 5.38. The third kappa shape index (κ3) is 2.08. The van der Waals surface area contributed by atoms with E-state index in [1.165, 1.54) is 43.5 Å². The molecule has 0 aliphatic heterocycles. The Labute approximate surface area is 141 Å². The first-order chi connectivity index (χ1) is 11.9. The van der Waals surface area contributed by atoms with Crippen LogP contribution in [0.4, 0.5) is 0 Å². The second kappa shape index (κ2) is 5.21. The zero-order valence-electron chi connectivity index (χ0n) is 13.2. The predicted molar refractivity (Wildman–Crippen MR) is 106 cm³/mol. The van der Waals surface area contributed by atoms with Gasteiger partial charge in [0.05, 0.1) is 0 Å². The Morgan fingerprint density at radius 1 is 0.500 bits per heavy atom. The van der Waals surface area contributed by atoms with Crippen molar-refractivity contribution in [2.75, 3.05) is 0 Å². The molecule has 0 aromatic heterocycles. The molecule has 0 bridgehead atoms. The molecule has 0 spiro atoms. The van der Waals surface area contributed by atoms with E-state index in [9.17, 15) is 0 Å². The van der Waals surface area contributed by atoms with Crippen LogP contribution in [0.3, 0.4) is 0 Å². The molecular formula is C24H16. The highest BCUT2D eigenvalue weighted by Gasteiger charge is 2.06. The van der Waals surface area contributed by atoms with Gasteiger partial charge in [-0.15, -0.1) is 0 Å². The molecule has 6 rings (SSSR count). The van der Waals surface area contributed by atoms with Gasteiger partial charge in [0.15, 0.2) is 0 Å². The number of hydrogen-bond donors (Lipinski definition) is 0. The van der Waals surface area contributed by atoms with E-state index in [1.807, 2.05) is 0 Å². The van der Waals surface area contributed by atoms with Crippen LogP contribution in [0.1, 0.15) is 22.3 Å². The molecule has 0 fully saturated rings. The lowest BCUT2D eigenvalue weighted by Crippen LogP contribution is -2.12. The summed E-state index contributed by atoms with van der Waals surface area (Å²) in [6.07, 6.45) is 17.2. The normalized spacial score (nSPS) is 14.0. The molecule has 3 aromatic carbocycles. The van der Waals surface area contributed by atoms with Crippen LogP contribution < -0.4 is 10.4 Å². The Balaban J connectivity index is 0.000000109. The van der Waals surface area contributed by atoms with E-state index < -0.39 is 0 Å². The van der Waals surface area contributed by atoms with Crippen molar-refractivity contribution in [3.8, 4) is 0 Å². The summed E-state index contributed by atoms with van der Waals surface area (Å²) in [5.74, 6) is 0. The number of allylic oxidation sites excluding steroid dienone is 2. The van der Waals surface area contributed by atoms with Gasteiger partial charge in [0, 0.05) is 0 Å². The van der Waals surface area contributed by atoms with Gasteiger partial charge in [0.2, 0.25) is 0 Å². The fourth-order valence-corrected chi connectivity index (χ4v) is 3.61. The van der Waals surface area contributed by atoms with Crippen molar-refractivity contribution in [2.45, 2.75) is 0 Å². The Morgan fingerprint density at radius 2 is 1.04 bits per heavy atom. The molecule has 112 valence electrons. The molecule has 0 nitrogen and oxygen atoms in total. The maximum absolute atomic E-state index is 2.24. The Morgan fingerprint density at radius 3 is 1.58 bits per heavy atom. The van der Waals surface area contributed by atoms with Gasteiger partial charge in [-0.1, -0.05) is 85.0 Å². The molecule has 24 heavy (non-hydrogen) atoms. The van der Waals surface area contributed by atoms with Gasteiger partial charge in [-0.3, -0.25) is 0 Å². The minimum absolute atomic E-state index is 1.34. The second-order valence-corrected chi connectivity index (χ2v) is 6.29. The van der Waals surface area contributed by atoms with Crippen molar-refractivity contribution in [1.29, 1.82) is 0 Å². The Bertz CT molecular complexity index is 1090. The minimum Gasteiger partial charge on any atom is -0.0610 e. The van der Waals surface area contributed by atoms with E-state index in [0.29, 0.717) is 0 Å². The summed E-state index contributed by atoms with van der Waals surface area (Å²) in [5, 5.41) is 5.43. The highest BCUT2D eigenvalue weighted by atomic mass is 14.1. The van der Waals surface area contributed by atoms with Crippen molar-refractivity contribution in [2.24, 2.45) is 0 Å². The van der Waals surface area contributed by atoms with Gasteiger partial charge in [-0.2, -0.15) is 0 Å². The average Bonchev–Trinajstić information content (AvgIpc) is 3.34. The van der Waals surface area contributed by atoms with Gasteiger partial charge in [0.25, 0.3) is 0 Å². The average molecular weight is 304 g/mol. The second-order valence-electron chi connectivity index (χ2n) is 6.29. The summed E-state index contributed by atoms with van der Waals surface area (Å²) in [6.45, 7) is 0. The topological polar surface area (TPSA) is 0 Å². The van der Waals surface area contributed by atoms with Crippen LogP contribution in [-0.2, 0) is 0 Å². The van der Waals surface area contributed by atoms with Crippen LogP contribution in [0.15, 0.2) is 60.7 Å². The van der Waals surface area contributed by atoms with Crippen molar-refractivity contribution < 1.29 is 0 Å². The predicted octanol–water partition coefficient (Wildman–Crippen LogP) is 4.62. The zero-order chi connectivity index (χ0) is 15.9. The fraction of sp³-hybridized carbons (Fsp3) is 0. The van der Waals surface area contributed by atoms with E-state index in [-0.39, 0.29) is 0 Å². The highest BCUT2D eigenvalue weighted by molar-refractivity contribution is 6.04. The minimum atomic E-state index is 1.34. The van der Waals surface area contributed by atoms with Gasteiger partial charge in [-0.25, -0.2) is 0 Å². The maximum atomic E-state index is 2.24. The quantitative estimate of drug-likeness (QED) is 0.444. The van der Waals surface area contributed by atoms with Crippen molar-refractivity contribution >= 4 is 47.2 Å². The molecule has 0 radical (unpaired) electrons. The Kier molecular flexibility index (Phi) is 2.89. The van der Waals surface area contributed by atoms with E-state index in [2.05, 4.69) is 97.1 Å². The first kappa shape index (κ1) is 13.3. The Hall–Kier alpha value is -3.12. The molecule has 0 unspecified atom stereocenters. The molecule has 0 saturated heterocycles. The third-order valence-corrected chi connectivity index (χ3v) is 4.80. The first-order valence-corrected chi connectivity index (χ1v) is 8.29. The maximum Gasteiger partial charge on any atom is -0.00389 e. The third-order valence-electron chi connectivity index (χ3n) is 4.80. The molecule has 0 heteroatoms. The van der Waals surface area contributed by atoms with Crippen molar-refractivity contribution in [3.63, 3.8) is 0 Å². The number of rotatable bonds is 0. The summed E-state index contributed by atoms with van der Waals surface area (Å²) in [7, 11) is 0. The van der Waals surface area contributed by atoms with E-state index in [1.54, 1.807) is 0 Å². The first-order valence-electron chi connectivity index (χ1n) is 8.29. The van der Waals surface area contributed by atoms with Crippen LogP contribution >= 0.6 is 0 Å². The van der Waals surface area contributed by atoms with Gasteiger partial charge in [0.1, 0.15) is 0 Å². The lowest BCUT2D eigenvalue weighted by molar-refractivity contribution is 1.51. The largest absolute Gasteiger partial charge is 0.0610 e. The zero-order valence-corrected chi connectivity index (χ0v) is 13.2. The fourth-order valence-electron chi connectivity index (χ4n) is 3.61. The van der Waals surface area contributed by atoms with Gasteiger partial charge < -0.3 is 0 Å². The highest BCUT2D eigenvalue weighted by Crippen LogP contribution is 2.30. The molecule has 0 N–H and O–H groups in total. The molecule has 0 amide bonds. The lowest BCUT2D eigenvalue weighted by Gasteiger charge is -1.99. The molecular weight excluding hydrogens is 288 g/mol. The van der Waals surface area contributed by atoms with E-state index in [4.69, 9.17) is 0 Å². The van der Waals surface area contributed by atoms with Crippen LogP contribution in [0.5, 0.6) is 0 Å². The van der Waals surface area contributed by atoms with Crippen molar-refractivity contribution in [3.05, 3.63) is 93.4 Å². The number of benzene rings is 3. The van der Waals surface area contributed by atoms with Crippen LogP contribution in [-0.4, -0.2) is 0 Å². The molecule has 3 aliphatic rings. The van der Waals surface area contributed by atoms with Crippen molar-refractivity contribution in [1.82, 2.24) is 0 Å². The van der Waals surface area contributed by atoms with Gasteiger partial charge >= 0.3 is 0 Å². The van der Waals surface area contributed by atoms with E-state index in [0.717, 1.165) is 0 Å². The number of fused-ring (bicyclic) bond motifs is 2. The molecule has 0 atom stereocenters. The van der Waals surface area contributed by atoms with E-state index >= 15 is 0 Å². The standard InChI is InChI=1S/2C12H8/c1-3-9-4-2-6-11-8-7-10(5-1)12(9)11;1-3-9-7-11-5-2-6-12(11)8-10(9)4-1/h2*1-8H. The molecule has 3 aromatic rings. The molecule has 3 aliphatic carbocycles. The lowest BCUT2D eigenvalue weighted by atomic mass is 10.0. The van der Waals surface area contributed by atoms with Crippen LogP contribution in [0, 0.1) is 0 Å². The summed E-state index contributed by atoms with van der Waals surface area (Å²) < 4.78 is 0. The SMILES string of the molecule is C1=Cc2cc3c(cc2=C1)C=CC=3.C1=Cc2cccc3cccc1c23. The summed E-state index contributed by atoms with van der Waals surface area (Å²) in [4.78, 5) is 0. The monoisotopic (exact) mass is 304 g/mol. The number of hydrogen-bond acceptors (Lipinski definition) is 0. The smallest absolute Gasteiger partial charge is 0.00389 e. The summed E-state index contributed by atoms with van der Waals surface area (Å²) in [6, 6.07) is 17.3. The molecule has 0 heterocycles. The van der Waals surface area contributed by atoms with Crippen LogP contribution in [0.25, 0.3) is 47.2 Å². The molecule has 0 saturated carbocycles.